The van der Waals surface area contributed by atoms with Gasteiger partial charge in [-0.05, 0) is 36.2 Å². The zero-order valence-electron chi connectivity index (χ0n) is 15.1. The number of amides is 3. The highest BCUT2D eigenvalue weighted by Gasteiger charge is 2.51. The van der Waals surface area contributed by atoms with Gasteiger partial charge in [0.1, 0.15) is 10.7 Å². The standard InChI is InChI=1S/C21H17Cl2N3O2/c1-2-21(15-7-9-16(22)10-8-15)19(27)26(20(28)25-21)12-14-11-13-5-3-4-6-17(13)24-18(14)23/h3-11H,2,12H2,1H3,(H,25,28)/t21-/m0/s1. The van der Waals surface area contributed by atoms with Gasteiger partial charge in [-0.1, -0.05) is 60.5 Å². The molecule has 1 aliphatic heterocycles. The zero-order chi connectivity index (χ0) is 19.9. The molecule has 1 atom stereocenters. The first kappa shape index (κ1) is 18.7. The van der Waals surface area contributed by atoms with Crippen molar-refractivity contribution in [3.05, 3.63) is 75.9 Å². The van der Waals surface area contributed by atoms with Crippen molar-refractivity contribution < 1.29 is 9.59 Å². The van der Waals surface area contributed by atoms with Gasteiger partial charge in [0.25, 0.3) is 5.91 Å². The highest BCUT2D eigenvalue weighted by Crippen LogP contribution is 2.34. The van der Waals surface area contributed by atoms with E-state index in [1.54, 1.807) is 24.3 Å². The Bertz CT molecular complexity index is 1080. The summed E-state index contributed by atoms with van der Waals surface area (Å²) in [4.78, 5) is 31.5. The summed E-state index contributed by atoms with van der Waals surface area (Å²) >= 11 is 12.3. The lowest BCUT2D eigenvalue weighted by atomic mass is 9.87. The van der Waals surface area contributed by atoms with Crippen LogP contribution in [0.2, 0.25) is 10.2 Å². The molecule has 2 aromatic carbocycles. The third kappa shape index (κ3) is 3.01. The molecule has 0 bridgehead atoms. The smallest absolute Gasteiger partial charge is 0.319 e. The fourth-order valence-corrected chi connectivity index (χ4v) is 3.89. The van der Waals surface area contributed by atoms with Gasteiger partial charge in [0.05, 0.1) is 12.1 Å². The Morgan fingerprint density at radius 3 is 2.50 bits per heavy atom. The number of rotatable bonds is 4. The van der Waals surface area contributed by atoms with Gasteiger partial charge in [0.2, 0.25) is 0 Å². The second-order valence-corrected chi connectivity index (χ2v) is 7.51. The molecule has 3 aromatic rings. The fraction of sp³-hybridized carbons (Fsp3) is 0.190. The quantitative estimate of drug-likeness (QED) is 0.488. The lowest BCUT2D eigenvalue weighted by Gasteiger charge is -2.26. The van der Waals surface area contributed by atoms with Crippen LogP contribution in [0.3, 0.4) is 0 Å². The summed E-state index contributed by atoms with van der Waals surface area (Å²) in [5.41, 5.74) is 0.964. The van der Waals surface area contributed by atoms with E-state index in [2.05, 4.69) is 10.3 Å². The molecule has 1 fully saturated rings. The van der Waals surface area contributed by atoms with Crippen molar-refractivity contribution in [3.8, 4) is 0 Å². The molecule has 0 spiro atoms. The van der Waals surface area contributed by atoms with E-state index < -0.39 is 11.6 Å². The van der Waals surface area contributed by atoms with E-state index >= 15 is 0 Å². The Labute approximate surface area is 172 Å². The topological polar surface area (TPSA) is 62.3 Å². The van der Waals surface area contributed by atoms with Gasteiger partial charge in [0, 0.05) is 16.0 Å². The van der Waals surface area contributed by atoms with Crippen molar-refractivity contribution in [2.24, 2.45) is 0 Å². The molecule has 2 heterocycles. The maximum atomic E-state index is 13.3. The molecule has 0 radical (unpaired) electrons. The van der Waals surface area contributed by atoms with E-state index in [1.807, 2.05) is 37.3 Å². The molecule has 1 N–H and O–H groups in total. The number of carbonyl (C=O) groups is 2. The molecule has 1 saturated heterocycles. The van der Waals surface area contributed by atoms with Crippen LogP contribution in [0.25, 0.3) is 10.9 Å². The van der Waals surface area contributed by atoms with Gasteiger partial charge in [-0.15, -0.1) is 0 Å². The minimum absolute atomic E-state index is 0.0523. The highest BCUT2D eigenvalue weighted by molar-refractivity contribution is 6.31. The molecule has 7 heteroatoms. The summed E-state index contributed by atoms with van der Waals surface area (Å²) in [6, 6.07) is 15.9. The van der Waals surface area contributed by atoms with Gasteiger partial charge in [-0.2, -0.15) is 0 Å². The number of nitrogens with one attached hydrogen (secondary N) is 1. The van der Waals surface area contributed by atoms with Crippen molar-refractivity contribution >= 4 is 46.0 Å². The number of para-hydroxylation sites is 1. The number of hydrogen-bond acceptors (Lipinski definition) is 3. The fourth-order valence-electron chi connectivity index (χ4n) is 3.56. The summed E-state index contributed by atoms with van der Waals surface area (Å²) in [5.74, 6) is -0.313. The zero-order valence-corrected chi connectivity index (χ0v) is 16.6. The largest absolute Gasteiger partial charge is 0.325 e. The number of imide groups is 1. The first-order chi connectivity index (χ1) is 13.4. The van der Waals surface area contributed by atoms with Crippen LogP contribution in [0.15, 0.2) is 54.6 Å². The van der Waals surface area contributed by atoms with E-state index in [9.17, 15) is 9.59 Å². The minimum Gasteiger partial charge on any atom is -0.319 e. The molecule has 5 nitrogen and oxygen atoms in total. The molecule has 0 saturated carbocycles. The van der Waals surface area contributed by atoms with Crippen molar-refractivity contribution in [3.63, 3.8) is 0 Å². The average molecular weight is 414 g/mol. The van der Waals surface area contributed by atoms with Crippen molar-refractivity contribution in [2.45, 2.75) is 25.4 Å². The minimum atomic E-state index is -1.11. The molecule has 1 aliphatic rings. The summed E-state index contributed by atoms with van der Waals surface area (Å²) in [6.45, 7) is 1.91. The van der Waals surface area contributed by atoms with Crippen LogP contribution < -0.4 is 5.32 Å². The number of aromatic nitrogens is 1. The number of fused-ring (bicyclic) bond motifs is 1. The van der Waals surface area contributed by atoms with Gasteiger partial charge in [-0.3, -0.25) is 9.69 Å². The normalized spacial score (nSPS) is 19.3. The Hall–Kier alpha value is -2.63. The van der Waals surface area contributed by atoms with Crippen molar-refractivity contribution in [1.29, 1.82) is 0 Å². The van der Waals surface area contributed by atoms with Gasteiger partial charge < -0.3 is 5.32 Å². The van der Waals surface area contributed by atoms with Crippen molar-refractivity contribution in [1.82, 2.24) is 15.2 Å². The molecule has 142 valence electrons. The Morgan fingerprint density at radius 1 is 1.07 bits per heavy atom. The van der Waals surface area contributed by atoms with Crippen molar-refractivity contribution in [2.75, 3.05) is 0 Å². The molecular formula is C21H17Cl2N3O2. The van der Waals surface area contributed by atoms with Crippen LogP contribution >= 0.6 is 23.2 Å². The number of pyridine rings is 1. The molecule has 28 heavy (non-hydrogen) atoms. The monoisotopic (exact) mass is 413 g/mol. The van der Waals surface area contributed by atoms with Crippen LogP contribution in [0.4, 0.5) is 4.79 Å². The summed E-state index contributed by atoms with van der Waals surface area (Å²) < 4.78 is 0. The first-order valence-electron chi connectivity index (χ1n) is 8.89. The predicted molar refractivity (Wildman–Crippen MR) is 109 cm³/mol. The number of carbonyl (C=O) groups excluding carboxylic acids is 2. The number of halogens is 2. The molecule has 0 unspecified atom stereocenters. The number of benzene rings is 2. The maximum absolute atomic E-state index is 13.3. The summed E-state index contributed by atoms with van der Waals surface area (Å²) in [5, 5.41) is 4.60. The van der Waals surface area contributed by atoms with Crippen LogP contribution in [0.5, 0.6) is 0 Å². The average Bonchev–Trinajstić information content (AvgIpc) is 2.94. The third-order valence-electron chi connectivity index (χ3n) is 5.12. The van der Waals surface area contributed by atoms with E-state index in [4.69, 9.17) is 23.2 Å². The molecular weight excluding hydrogens is 397 g/mol. The molecule has 0 aliphatic carbocycles. The van der Waals surface area contributed by atoms with E-state index in [0.29, 0.717) is 22.6 Å². The summed E-state index contributed by atoms with van der Waals surface area (Å²) in [6.07, 6.45) is 0.416. The molecule has 4 rings (SSSR count). The molecule has 3 amide bonds. The van der Waals surface area contributed by atoms with Crippen LogP contribution in [-0.4, -0.2) is 21.8 Å². The maximum Gasteiger partial charge on any atom is 0.325 e. The van der Waals surface area contributed by atoms with Gasteiger partial charge >= 0.3 is 6.03 Å². The predicted octanol–water partition coefficient (Wildman–Crippen LogP) is 4.90. The highest BCUT2D eigenvalue weighted by atomic mass is 35.5. The first-order valence-corrected chi connectivity index (χ1v) is 9.64. The third-order valence-corrected chi connectivity index (χ3v) is 5.70. The molecule has 1 aromatic heterocycles. The van der Waals surface area contributed by atoms with Gasteiger partial charge in [-0.25, -0.2) is 9.78 Å². The lowest BCUT2D eigenvalue weighted by Crippen LogP contribution is -2.43. The Kier molecular flexibility index (Phi) is 4.73. The van der Waals surface area contributed by atoms with E-state index in [1.165, 1.54) is 4.90 Å². The Balaban J connectivity index is 1.69. The number of urea groups is 1. The lowest BCUT2D eigenvalue weighted by molar-refractivity contribution is -0.132. The second kappa shape index (κ2) is 7.08. The SMILES string of the molecule is CC[C@@]1(c2ccc(Cl)cc2)NC(=O)N(Cc2cc3ccccc3nc2Cl)C1=O. The number of hydrogen-bond donors (Lipinski definition) is 1. The van der Waals surface area contributed by atoms with E-state index in [0.717, 1.165) is 10.9 Å². The van der Waals surface area contributed by atoms with E-state index in [-0.39, 0.29) is 17.6 Å². The second-order valence-electron chi connectivity index (χ2n) is 6.72. The van der Waals surface area contributed by atoms with Crippen LogP contribution in [0, 0.1) is 0 Å². The van der Waals surface area contributed by atoms with Crippen LogP contribution in [0.1, 0.15) is 24.5 Å². The van der Waals surface area contributed by atoms with Crippen LogP contribution in [-0.2, 0) is 16.9 Å². The summed E-state index contributed by atoms with van der Waals surface area (Å²) in [7, 11) is 0. The van der Waals surface area contributed by atoms with Gasteiger partial charge in [0.15, 0.2) is 0 Å². The number of nitrogens with zero attached hydrogens (tertiary/aromatic N) is 2. The Morgan fingerprint density at radius 2 is 1.79 bits per heavy atom.